The van der Waals surface area contributed by atoms with Crippen LogP contribution in [0.15, 0.2) is 42.5 Å². The average molecular weight is 393 g/mol. The van der Waals surface area contributed by atoms with Gasteiger partial charge < -0.3 is 15.4 Å². The predicted molar refractivity (Wildman–Crippen MR) is 99.6 cm³/mol. The van der Waals surface area contributed by atoms with Gasteiger partial charge in [0.15, 0.2) is 12.4 Å². The van der Waals surface area contributed by atoms with Gasteiger partial charge in [0.25, 0.3) is 5.91 Å². The second kappa shape index (κ2) is 9.68. The molecule has 2 amide bonds. The van der Waals surface area contributed by atoms with Gasteiger partial charge in [-0.1, -0.05) is 18.5 Å². The lowest BCUT2D eigenvalue weighted by Crippen LogP contribution is -2.35. The van der Waals surface area contributed by atoms with Gasteiger partial charge in [-0.25, -0.2) is 4.39 Å². The highest BCUT2D eigenvalue weighted by molar-refractivity contribution is 6.31. The Labute approximate surface area is 160 Å². The maximum Gasteiger partial charge on any atom is 0.258 e. The Hall–Kier alpha value is -2.93. The molecule has 0 spiro atoms. The zero-order valence-corrected chi connectivity index (χ0v) is 15.3. The number of rotatable bonds is 8. The van der Waals surface area contributed by atoms with Crippen LogP contribution in [0, 0.1) is 5.82 Å². The number of hydrogen-bond donors (Lipinski definition) is 2. The lowest BCUT2D eigenvalue weighted by molar-refractivity contribution is -0.125. The van der Waals surface area contributed by atoms with Gasteiger partial charge in [0, 0.05) is 17.1 Å². The molecule has 0 aliphatic heterocycles. The van der Waals surface area contributed by atoms with Gasteiger partial charge in [-0.3, -0.25) is 14.4 Å². The second-order valence-corrected chi connectivity index (χ2v) is 5.97. The first-order valence-corrected chi connectivity index (χ1v) is 8.54. The summed E-state index contributed by atoms with van der Waals surface area (Å²) in [5.74, 6) is -1.33. The number of anilines is 1. The van der Waals surface area contributed by atoms with E-state index in [4.69, 9.17) is 16.3 Å². The average Bonchev–Trinajstić information content (AvgIpc) is 2.66. The quantitative estimate of drug-likeness (QED) is 0.675. The molecule has 0 aliphatic carbocycles. The van der Waals surface area contributed by atoms with Crippen LogP contribution in [0.1, 0.15) is 23.7 Å². The molecule has 0 aromatic heterocycles. The lowest BCUT2D eigenvalue weighted by Gasteiger charge is -2.11. The number of ketones is 1. The van der Waals surface area contributed by atoms with Crippen LogP contribution in [-0.2, 0) is 9.59 Å². The summed E-state index contributed by atoms with van der Waals surface area (Å²) in [7, 11) is 0. The molecule has 6 nitrogen and oxygen atoms in total. The van der Waals surface area contributed by atoms with Crippen molar-refractivity contribution in [3.63, 3.8) is 0 Å². The minimum Gasteiger partial charge on any atom is -0.483 e. The fraction of sp³-hybridized carbons (Fsp3) is 0.211. The van der Waals surface area contributed by atoms with Gasteiger partial charge in [0.1, 0.15) is 11.6 Å². The molecule has 142 valence electrons. The molecule has 0 saturated heterocycles. The summed E-state index contributed by atoms with van der Waals surface area (Å²) in [6.45, 7) is 1.07. The molecule has 0 aliphatic rings. The van der Waals surface area contributed by atoms with Gasteiger partial charge in [-0.05, 0) is 42.5 Å². The highest BCUT2D eigenvalue weighted by atomic mass is 35.5. The van der Waals surface area contributed by atoms with Crippen molar-refractivity contribution in [2.75, 3.05) is 18.5 Å². The number of nitrogens with one attached hydrogen (secondary N) is 2. The van der Waals surface area contributed by atoms with E-state index >= 15 is 0 Å². The van der Waals surface area contributed by atoms with Gasteiger partial charge in [-0.2, -0.15) is 0 Å². The smallest absolute Gasteiger partial charge is 0.258 e. The fourth-order valence-electron chi connectivity index (χ4n) is 2.15. The summed E-state index contributed by atoms with van der Waals surface area (Å²) >= 11 is 5.89. The van der Waals surface area contributed by atoms with Crippen LogP contribution < -0.4 is 15.4 Å². The van der Waals surface area contributed by atoms with Crippen molar-refractivity contribution in [2.24, 2.45) is 0 Å². The first-order valence-electron chi connectivity index (χ1n) is 8.16. The van der Waals surface area contributed by atoms with Crippen molar-refractivity contribution in [3.8, 4) is 5.75 Å². The van der Waals surface area contributed by atoms with E-state index in [9.17, 15) is 18.8 Å². The highest BCUT2D eigenvalue weighted by Crippen LogP contribution is 2.24. The number of ether oxygens (including phenoxy) is 1. The Balaban J connectivity index is 1.83. The maximum atomic E-state index is 12.8. The van der Waals surface area contributed by atoms with Crippen molar-refractivity contribution < 1.29 is 23.5 Å². The molecule has 8 heteroatoms. The van der Waals surface area contributed by atoms with Crippen LogP contribution in [0.3, 0.4) is 0 Å². The number of benzene rings is 2. The van der Waals surface area contributed by atoms with Gasteiger partial charge in [-0.15, -0.1) is 0 Å². The number of Topliss-reactive ketones (excluding diaryl/α,β-unsaturated/α-hetero) is 1. The molecular weight excluding hydrogens is 375 g/mol. The summed E-state index contributed by atoms with van der Waals surface area (Å²) in [5.41, 5.74) is 0.711. The summed E-state index contributed by atoms with van der Waals surface area (Å²) in [6.07, 6.45) is 0.270. The fourth-order valence-corrected chi connectivity index (χ4v) is 2.32. The highest BCUT2D eigenvalue weighted by Gasteiger charge is 2.13. The number of hydrogen-bond acceptors (Lipinski definition) is 4. The molecule has 27 heavy (non-hydrogen) atoms. The van der Waals surface area contributed by atoms with Crippen LogP contribution >= 0.6 is 11.6 Å². The monoisotopic (exact) mass is 392 g/mol. The van der Waals surface area contributed by atoms with Crippen LogP contribution in [0.5, 0.6) is 5.75 Å². The van der Waals surface area contributed by atoms with Crippen molar-refractivity contribution in [1.82, 2.24) is 5.32 Å². The summed E-state index contributed by atoms with van der Waals surface area (Å²) in [5, 5.41) is 5.30. The Morgan fingerprint density at radius 1 is 1.07 bits per heavy atom. The SMILES string of the molecule is CCC(=O)c1cc(Cl)ccc1OCC(=O)NCC(=O)Nc1ccc(F)cc1. The Morgan fingerprint density at radius 3 is 2.44 bits per heavy atom. The van der Waals surface area contributed by atoms with E-state index in [0.717, 1.165) is 0 Å². The normalized spacial score (nSPS) is 10.2. The number of carbonyl (C=O) groups is 3. The van der Waals surface area contributed by atoms with Crippen LogP contribution in [0.2, 0.25) is 5.02 Å². The van der Waals surface area contributed by atoms with Crippen molar-refractivity contribution in [2.45, 2.75) is 13.3 Å². The van der Waals surface area contributed by atoms with Crippen molar-refractivity contribution in [1.29, 1.82) is 0 Å². The molecule has 0 unspecified atom stereocenters. The number of halogens is 2. The lowest BCUT2D eigenvalue weighted by atomic mass is 10.1. The van der Waals surface area contributed by atoms with Gasteiger partial charge in [0.05, 0.1) is 12.1 Å². The summed E-state index contributed by atoms with van der Waals surface area (Å²) in [6, 6.07) is 9.79. The molecule has 2 N–H and O–H groups in total. The van der Waals surface area contributed by atoms with E-state index in [0.29, 0.717) is 16.3 Å². The molecule has 2 aromatic carbocycles. The number of carbonyl (C=O) groups excluding carboxylic acids is 3. The first kappa shape index (κ1) is 20.4. The zero-order chi connectivity index (χ0) is 19.8. The standard InChI is InChI=1S/C19H18ClFN2O4/c1-2-16(24)15-9-12(20)3-8-17(15)27-11-19(26)22-10-18(25)23-14-6-4-13(21)5-7-14/h3-9H,2,10-11H2,1H3,(H,22,26)(H,23,25). The van der Waals surface area contributed by atoms with Crippen LogP contribution in [0.25, 0.3) is 0 Å². The predicted octanol–water partition coefficient (Wildman–Crippen LogP) is 3.21. The van der Waals surface area contributed by atoms with Crippen molar-refractivity contribution in [3.05, 3.63) is 58.9 Å². The Kier molecular flexibility index (Phi) is 7.31. The zero-order valence-electron chi connectivity index (χ0n) is 14.6. The first-order chi connectivity index (χ1) is 12.9. The summed E-state index contributed by atoms with van der Waals surface area (Å²) in [4.78, 5) is 35.6. The van der Waals surface area contributed by atoms with E-state index in [1.165, 1.54) is 36.4 Å². The number of amides is 2. The Bertz CT molecular complexity index is 840. The molecule has 2 aromatic rings. The van der Waals surface area contributed by atoms with Crippen LogP contribution in [-0.4, -0.2) is 30.7 Å². The molecule has 0 bridgehead atoms. The molecular formula is C19H18ClFN2O4. The van der Waals surface area contributed by atoms with E-state index in [1.54, 1.807) is 13.0 Å². The summed E-state index contributed by atoms with van der Waals surface area (Å²) < 4.78 is 18.2. The third-order valence-electron chi connectivity index (χ3n) is 3.50. The van der Waals surface area contributed by atoms with Crippen LogP contribution in [0.4, 0.5) is 10.1 Å². The Morgan fingerprint density at radius 2 is 1.78 bits per heavy atom. The topological polar surface area (TPSA) is 84.5 Å². The molecule has 0 atom stereocenters. The van der Waals surface area contributed by atoms with Gasteiger partial charge >= 0.3 is 0 Å². The van der Waals surface area contributed by atoms with Crippen molar-refractivity contribution >= 4 is 34.9 Å². The molecule has 0 radical (unpaired) electrons. The minimum atomic E-state index is -0.533. The molecule has 0 saturated carbocycles. The minimum absolute atomic E-state index is 0.161. The largest absolute Gasteiger partial charge is 0.483 e. The molecule has 0 fully saturated rings. The van der Waals surface area contributed by atoms with Gasteiger partial charge in [0.2, 0.25) is 5.91 Å². The second-order valence-electron chi connectivity index (χ2n) is 5.54. The maximum absolute atomic E-state index is 12.8. The van der Waals surface area contributed by atoms with E-state index in [1.807, 2.05) is 0 Å². The third-order valence-corrected chi connectivity index (χ3v) is 3.73. The molecule has 2 rings (SSSR count). The van der Waals surface area contributed by atoms with E-state index < -0.39 is 17.6 Å². The van der Waals surface area contributed by atoms with E-state index in [2.05, 4.69) is 10.6 Å². The molecule has 0 heterocycles. The third kappa shape index (κ3) is 6.38. The van der Waals surface area contributed by atoms with E-state index in [-0.39, 0.29) is 31.1 Å².